The average molecular weight is 216 g/mol. The quantitative estimate of drug-likeness (QED) is 0.562. The van der Waals surface area contributed by atoms with Crippen LogP contribution in [0.15, 0.2) is 9.95 Å². The number of nitrogens with one attached hydrogen (secondary N) is 2. The molecule has 1 aliphatic heterocycles. The third-order valence-corrected chi connectivity index (χ3v) is 3.58. The predicted octanol–water partition coefficient (Wildman–Crippen LogP) is -1.47. The first kappa shape index (κ1) is 9.75. The molecule has 6 nitrogen and oxygen atoms in total. The Labute approximate surface area is 84.7 Å². The molecule has 2 rings (SSSR count). The summed E-state index contributed by atoms with van der Waals surface area (Å²) in [5, 5.41) is 19.5. The van der Waals surface area contributed by atoms with Gasteiger partial charge in [-0.15, -0.1) is 5.10 Å². The van der Waals surface area contributed by atoms with Gasteiger partial charge in [0.05, 0.1) is 11.4 Å². The van der Waals surface area contributed by atoms with E-state index in [2.05, 4.69) is 15.5 Å². The lowest BCUT2D eigenvalue weighted by Gasteiger charge is -2.10. The molecule has 78 valence electrons. The number of aromatic amines is 1. The highest BCUT2D eigenvalue weighted by Crippen LogP contribution is 2.23. The molecule has 0 aromatic carbocycles. The van der Waals surface area contributed by atoms with E-state index in [1.807, 2.05) is 0 Å². The van der Waals surface area contributed by atoms with Gasteiger partial charge in [-0.05, 0) is 0 Å². The minimum Gasteiger partial charge on any atom is -0.391 e. The molecule has 0 spiro atoms. The van der Waals surface area contributed by atoms with Crippen molar-refractivity contribution in [1.29, 1.82) is 0 Å². The van der Waals surface area contributed by atoms with Crippen molar-refractivity contribution in [2.24, 2.45) is 7.05 Å². The van der Waals surface area contributed by atoms with E-state index in [0.717, 1.165) is 6.54 Å². The second-order valence-electron chi connectivity index (χ2n) is 3.25. The molecule has 0 aliphatic carbocycles. The Kier molecular flexibility index (Phi) is 2.62. The lowest BCUT2D eigenvalue weighted by molar-refractivity contribution is 0.201. The molecule has 1 fully saturated rings. The number of nitrogens with zero attached hydrogens (tertiary/aromatic N) is 2. The molecule has 7 heteroatoms. The highest BCUT2D eigenvalue weighted by Gasteiger charge is 2.27. The van der Waals surface area contributed by atoms with Crippen LogP contribution >= 0.6 is 11.8 Å². The molecule has 0 amide bonds. The monoisotopic (exact) mass is 216 g/mol. The third-order valence-electron chi connectivity index (χ3n) is 2.22. The van der Waals surface area contributed by atoms with E-state index in [9.17, 15) is 9.90 Å². The normalized spacial score (nSPS) is 27.0. The molecule has 0 radical (unpaired) electrons. The summed E-state index contributed by atoms with van der Waals surface area (Å²) in [5.74, 6) is 0. The second kappa shape index (κ2) is 3.76. The van der Waals surface area contributed by atoms with Gasteiger partial charge >= 0.3 is 5.69 Å². The average Bonchev–Trinajstić information content (AvgIpc) is 2.68. The fourth-order valence-electron chi connectivity index (χ4n) is 1.33. The van der Waals surface area contributed by atoms with Gasteiger partial charge in [-0.25, -0.2) is 9.89 Å². The summed E-state index contributed by atoms with van der Waals surface area (Å²) in [6.07, 6.45) is -0.369. The Morgan fingerprint density at radius 2 is 2.43 bits per heavy atom. The van der Waals surface area contributed by atoms with Crippen molar-refractivity contribution in [2.75, 3.05) is 13.1 Å². The van der Waals surface area contributed by atoms with Crippen molar-refractivity contribution in [1.82, 2.24) is 20.1 Å². The third kappa shape index (κ3) is 1.70. The Bertz CT molecular complexity index is 374. The SMILES string of the molecule is Cn1c(SC2CNCC2O)n[nH]c1=O. The molecule has 0 saturated carbocycles. The van der Waals surface area contributed by atoms with Gasteiger partial charge in [-0.1, -0.05) is 11.8 Å². The molecule has 2 heterocycles. The number of thioether (sulfide) groups is 1. The number of aromatic nitrogens is 3. The van der Waals surface area contributed by atoms with Crippen LogP contribution in [-0.2, 0) is 7.05 Å². The van der Waals surface area contributed by atoms with Crippen molar-refractivity contribution >= 4 is 11.8 Å². The summed E-state index contributed by atoms with van der Waals surface area (Å²) in [6, 6.07) is 0. The molecule has 1 aromatic heterocycles. The van der Waals surface area contributed by atoms with Gasteiger partial charge in [0, 0.05) is 20.1 Å². The van der Waals surface area contributed by atoms with Crippen LogP contribution in [0.5, 0.6) is 0 Å². The highest BCUT2D eigenvalue weighted by molar-refractivity contribution is 7.99. The number of H-pyrrole nitrogens is 1. The molecule has 1 aliphatic rings. The van der Waals surface area contributed by atoms with Crippen LogP contribution in [0.25, 0.3) is 0 Å². The molecule has 1 aromatic rings. The largest absolute Gasteiger partial charge is 0.391 e. The van der Waals surface area contributed by atoms with E-state index in [4.69, 9.17) is 0 Å². The fourth-order valence-corrected chi connectivity index (χ4v) is 2.40. The first-order valence-electron chi connectivity index (χ1n) is 4.35. The zero-order valence-electron chi connectivity index (χ0n) is 7.73. The van der Waals surface area contributed by atoms with E-state index >= 15 is 0 Å². The summed E-state index contributed by atoms with van der Waals surface area (Å²) in [5.41, 5.74) is -0.229. The lowest BCUT2D eigenvalue weighted by Crippen LogP contribution is -2.21. The Morgan fingerprint density at radius 3 is 2.93 bits per heavy atom. The maximum Gasteiger partial charge on any atom is 0.343 e. The number of aliphatic hydroxyl groups excluding tert-OH is 1. The number of aliphatic hydroxyl groups is 1. The van der Waals surface area contributed by atoms with Crippen LogP contribution in [0.4, 0.5) is 0 Å². The number of β-amino-alcohol motifs (C(OH)–C–C–N with tert-alkyl or cyclic N) is 1. The molecule has 1 saturated heterocycles. The zero-order valence-corrected chi connectivity index (χ0v) is 8.54. The topological polar surface area (TPSA) is 82.9 Å². The van der Waals surface area contributed by atoms with Gasteiger partial charge < -0.3 is 10.4 Å². The van der Waals surface area contributed by atoms with Crippen LogP contribution in [0, 0.1) is 0 Å². The minimum absolute atomic E-state index is 0.0731. The summed E-state index contributed by atoms with van der Waals surface area (Å²) < 4.78 is 1.44. The van der Waals surface area contributed by atoms with Crippen LogP contribution in [0.3, 0.4) is 0 Å². The molecule has 2 unspecified atom stereocenters. The molecular formula is C7H12N4O2S. The van der Waals surface area contributed by atoms with Crippen molar-refractivity contribution in [2.45, 2.75) is 16.5 Å². The molecule has 3 N–H and O–H groups in total. The van der Waals surface area contributed by atoms with Gasteiger partial charge in [-0.2, -0.15) is 0 Å². The summed E-state index contributed by atoms with van der Waals surface area (Å²) in [4.78, 5) is 11.0. The van der Waals surface area contributed by atoms with Gasteiger partial charge in [-0.3, -0.25) is 4.57 Å². The molecule has 2 atom stereocenters. The highest BCUT2D eigenvalue weighted by atomic mass is 32.2. The summed E-state index contributed by atoms with van der Waals surface area (Å²) in [6.45, 7) is 1.35. The van der Waals surface area contributed by atoms with Crippen LogP contribution in [0.2, 0.25) is 0 Å². The lowest BCUT2D eigenvalue weighted by atomic mass is 10.3. The van der Waals surface area contributed by atoms with E-state index in [1.54, 1.807) is 7.05 Å². The van der Waals surface area contributed by atoms with Gasteiger partial charge in [0.2, 0.25) is 0 Å². The Morgan fingerprint density at radius 1 is 1.64 bits per heavy atom. The fraction of sp³-hybridized carbons (Fsp3) is 0.714. The first-order valence-corrected chi connectivity index (χ1v) is 5.23. The Balaban J connectivity index is 2.10. The minimum atomic E-state index is -0.369. The van der Waals surface area contributed by atoms with E-state index in [1.165, 1.54) is 16.3 Å². The van der Waals surface area contributed by atoms with Crippen LogP contribution in [-0.4, -0.2) is 44.3 Å². The van der Waals surface area contributed by atoms with Gasteiger partial charge in [0.1, 0.15) is 0 Å². The van der Waals surface area contributed by atoms with Crippen molar-refractivity contribution in [3.05, 3.63) is 10.5 Å². The standard InChI is InChI=1S/C7H12N4O2S/c1-11-6(13)9-10-7(11)14-5-3-8-2-4(5)12/h4-5,8,12H,2-3H2,1H3,(H,9,13). The van der Waals surface area contributed by atoms with Gasteiger partial charge in [0.25, 0.3) is 0 Å². The number of hydrogen-bond donors (Lipinski definition) is 3. The first-order chi connectivity index (χ1) is 6.68. The molecule has 14 heavy (non-hydrogen) atoms. The maximum absolute atomic E-state index is 11.0. The number of hydrogen-bond acceptors (Lipinski definition) is 5. The second-order valence-corrected chi connectivity index (χ2v) is 4.46. The maximum atomic E-state index is 11.0. The smallest absolute Gasteiger partial charge is 0.343 e. The number of rotatable bonds is 2. The zero-order chi connectivity index (χ0) is 10.1. The van der Waals surface area contributed by atoms with E-state index in [-0.39, 0.29) is 17.0 Å². The van der Waals surface area contributed by atoms with Gasteiger partial charge in [0.15, 0.2) is 5.16 Å². The molecular weight excluding hydrogens is 204 g/mol. The van der Waals surface area contributed by atoms with E-state index < -0.39 is 0 Å². The van der Waals surface area contributed by atoms with Crippen LogP contribution < -0.4 is 11.0 Å². The summed E-state index contributed by atoms with van der Waals surface area (Å²) >= 11 is 1.41. The van der Waals surface area contributed by atoms with Crippen molar-refractivity contribution < 1.29 is 5.11 Å². The van der Waals surface area contributed by atoms with Crippen LogP contribution in [0.1, 0.15) is 0 Å². The summed E-state index contributed by atoms with van der Waals surface area (Å²) in [7, 11) is 1.66. The predicted molar refractivity (Wildman–Crippen MR) is 52.4 cm³/mol. The van der Waals surface area contributed by atoms with Crippen molar-refractivity contribution in [3.8, 4) is 0 Å². The Hall–Kier alpha value is -0.790. The van der Waals surface area contributed by atoms with E-state index in [0.29, 0.717) is 11.7 Å². The molecule has 0 bridgehead atoms. The van der Waals surface area contributed by atoms with Crippen molar-refractivity contribution in [3.63, 3.8) is 0 Å².